The molecule has 3 nitrogen and oxygen atoms in total. The van der Waals surface area contributed by atoms with Crippen molar-refractivity contribution < 1.29 is 0 Å². The number of rotatable bonds is 2. The van der Waals surface area contributed by atoms with Crippen LogP contribution in [0.3, 0.4) is 0 Å². The van der Waals surface area contributed by atoms with Crippen LogP contribution in [-0.4, -0.2) is 9.97 Å². The number of nitriles is 1. The first kappa shape index (κ1) is 7.03. The molecule has 0 aliphatic rings. The van der Waals surface area contributed by atoms with Gasteiger partial charge in [-0.3, -0.25) is 0 Å². The third kappa shape index (κ3) is 2.03. The van der Waals surface area contributed by atoms with E-state index >= 15 is 0 Å². The Morgan fingerprint density at radius 3 is 2.80 bits per heavy atom. The number of thioether (sulfide) groups is 1. The summed E-state index contributed by atoms with van der Waals surface area (Å²) < 4.78 is 0. The Bertz CT molecular complexity index is 228. The van der Waals surface area contributed by atoms with E-state index in [0.717, 1.165) is 5.56 Å². The number of thiocyanates is 1. The van der Waals surface area contributed by atoms with Crippen LogP contribution in [0.4, 0.5) is 0 Å². The van der Waals surface area contributed by atoms with E-state index in [1.54, 1.807) is 12.4 Å². The molecule has 0 fully saturated rings. The van der Waals surface area contributed by atoms with E-state index in [2.05, 4.69) is 9.97 Å². The predicted molar refractivity (Wildman–Crippen MR) is 38.9 cm³/mol. The first-order chi connectivity index (χ1) is 4.93. The van der Waals surface area contributed by atoms with Gasteiger partial charge in [-0.1, -0.05) is 0 Å². The first-order valence-corrected chi connectivity index (χ1v) is 3.67. The molecule has 0 unspecified atom stereocenters. The lowest BCUT2D eigenvalue weighted by Gasteiger charge is -1.90. The number of hydrogen-bond donors (Lipinski definition) is 0. The van der Waals surface area contributed by atoms with Crippen molar-refractivity contribution >= 4 is 11.8 Å². The second kappa shape index (κ2) is 3.85. The van der Waals surface area contributed by atoms with E-state index in [0.29, 0.717) is 5.75 Å². The van der Waals surface area contributed by atoms with Gasteiger partial charge in [0.15, 0.2) is 0 Å². The minimum atomic E-state index is 0.664. The molecule has 4 heteroatoms. The van der Waals surface area contributed by atoms with Gasteiger partial charge in [-0.2, -0.15) is 5.26 Å². The molecule has 0 amide bonds. The third-order valence-corrected chi connectivity index (χ3v) is 1.52. The van der Waals surface area contributed by atoms with Gasteiger partial charge >= 0.3 is 0 Å². The van der Waals surface area contributed by atoms with E-state index in [9.17, 15) is 0 Å². The fourth-order valence-electron chi connectivity index (χ4n) is 0.520. The topological polar surface area (TPSA) is 49.6 Å². The third-order valence-electron chi connectivity index (χ3n) is 0.917. The van der Waals surface area contributed by atoms with Gasteiger partial charge < -0.3 is 0 Å². The molecule has 0 atom stereocenters. The van der Waals surface area contributed by atoms with Crippen LogP contribution in [0, 0.1) is 10.7 Å². The van der Waals surface area contributed by atoms with Gasteiger partial charge in [0.05, 0.1) is 0 Å². The Labute approximate surface area is 63.1 Å². The van der Waals surface area contributed by atoms with Crippen LogP contribution in [0.1, 0.15) is 5.56 Å². The van der Waals surface area contributed by atoms with Crippen molar-refractivity contribution in [3.63, 3.8) is 0 Å². The summed E-state index contributed by atoms with van der Waals surface area (Å²) in [6, 6.07) is 0. The normalized spacial score (nSPS) is 8.70. The molecular formula is C6H5N3S. The molecule has 0 aromatic carbocycles. The maximum Gasteiger partial charge on any atom is 0.133 e. The van der Waals surface area contributed by atoms with E-state index in [-0.39, 0.29) is 0 Å². The van der Waals surface area contributed by atoms with Gasteiger partial charge in [-0.05, 0) is 17.3 Å². The molecule has 1 aromatic rings. The Kier molecular flexibility index (Phi) is 2.71. The van der Waals surface area contributed by atoms with Gasteiger partial charge in [0.2, 0.25) is 0 Å². The number of aromatic nitrogens is 2. The van der Waals surface area contributed by atoms with Crippen LogP contribution in [-0.2, 0) is 5.75 Å². The van der Waals surface area contributed by atoms with Crippen molar-refractivity contribution in [3.8, 4) is 5.40 Å². The van der Waals surface area contributed by atoms with Crippen molar-refractivity contribution in [1.29, 1.82) is 5.26 Å². The van der Waals surface area contributed by atoms with Crippen LogP contribution < -0.4 is 0 Å². The average molecular weight is 151 g/mol. The van der Waals surface area contributed by atoms with E-state index in [1.807, 2.05) is 5.40 Å². The molecule has 0 radical (unpaired) electrons. The smallest absolute Gasteiger partial charge is 0.133 e. The molecular weight excluding hydrogens is 146 g/mol. The molecule has 1 aromatic heterocycles. The summed E-state index contributed by atoms with van der Waals surface area (Å²) in [5.74, 6) is 0.664. The fourth-order valence-corrected chi connectivity index (χ4v) is 0.900. The Balaban J connectivity index is 2.52. The fraction of sp³-hybridized carbons (Fsp3) is 0.167. The molecule has 0 bridgehead atoms. The van der Waals surface area contributed by atoms with Crippen molar-refractivity contribution in [3.05, 3.63) is 24.3 Å². The van der Waals surface area contributed by atoms with Crippen molar-refractivity contribution in [2.75, 3.05) is 0 Å². The summed E-state index contributed by atoms with van der Waals surface area (Å²) in [6.07, 6.45) is 4.88. The van der Waals surface area contributed by atoms with Gasteiger partial charge in [0.25, 0.3) is 0 Å². The highest BCUT2D eigenvalue weighted by Crippen LogP contribution is 2.06. The SMILES string of the molecule is N#CSCc1cncnc1. The van der Waals surface area contributed by atoms with Gasteiger partial charge in [0, 0.05) is 18.1 Å². The molecule has 0 saturated carbocycles. The Morgan fingerprint density at radius 2 is 2.20 bits per heavy atom. The number of hydrogen-bond acceptors (Lipinski definition) is 4. The second-order valence-corrected chi connectivity index (χ2v) is 2.39. The van der Waals surface area contributed by atoms with Crippen LogP contribution in [0.25, 0.3) is 0 Å². The van der Waals surface area contributed by atoms with Gasteiger partial charge in [-0.25, -0.2) is 9.97 Å². The van der Waals surface area contributed by atoms with E-state index in [1.165, 1.54) is 18.1 Å². The van der Waals surface area contributed by atoms with Crippen LogP contribution >= 0.6 is 11.8 Å². The highest BCUT2D eigenvalue weighted by atomic mass is 32.2. The predicted octanol–water partition coefficient (Wildman–Crippen LogP) is 1.19. The molecule has 1 rings (SSSR count). The van der Waals surface area contributed by atoms with E-state index in [4.69, 9.17) is 5.26 Å². The lowest BCUT2D eigenvalue weighted by atomic mass is 10.4. The summed E-state index contributed by atoms with van der Waals surface area (Å²) in [6.45, 7) is 0. The van der Waals surface area contributed by atoms with Crippen LogP contribution in [0.5, 0.6) is 0 Å². The lowest BCUT2D eigenvalue weighted by molar-refractivity contribution is 1.12. The molecule has 0 aliphatic carbocycles. The minimum Gasteiger partial charge on any atom is -0.245 e. The summed E-state index contributed by atoms with van der Waals surface area (Å²) >= 11 is 1.19. The minimum absolute atomic E-state index is 0.664. The average Bonchev–Trinajstić information content (AvgIpc) is 2.03. The zero-order chi connectivity index (χ0) is 7.23. The Hall–Kier alpha value is -1.08. The van der Waals surface area contributed by atoms with Crippen molar-refractivity contribution in [1.82, 2.24) is 9.97 Å². The lowest BCUT2D eigenvalue weighted by Crippen LogP contribution is -1.82. The largest absolute Gasteiger partial charge is 0.245 e. The van der Waals surface area contributed by atoms with Crippen molar-refractivity contribution in [2.24, 2.45) is 0 Å². The summed E-state index contributed by atoms with van der Waals surface area (Å²) in [4.78, 5) is 7.61. The summed E-state index contributed by atoms with van der Waals surface area (Å²) in [7, 11) is 0. The maximum absolute atomic E-state index is 8.20. The van der Waals surface area contributed by atoms with Crippen LogP contribution in [0.2, 0.25) is 0 Å². The maximum atomic E-state index is 8.20. The van der Waals surface area contributed by atoms with Crippen LogP contribution in [0.15, 0.2) is 18.7 Å². The molecule has 0 N–H and O–H groups in total. The molecule has 0 spiro atoms. The molecule has 50 valence electrons. The molecule has 0 saturated heterocycles. The highest BCUT2D eigenvalue weighted by Gasteiger charge is 1.89. The van der Waals surface area contributed by atoms with Gasteiger partial charge in [0.1, 0.15) is 11.7 Å². The quantitative estimate of drug-likeness (QED) is 0.596. The number of nitrogens with zero attached hydrogens (tertiary/aromatic N) is 3. The zero-order valence-electron chi connectivity index (χ0n) is 5.19. The van der Waals surface area contributed by atoms with Crippen molar-refractivity contribution in [2.45, 2.75) is 5.75 Å². The first-order valence-electron chi connectivity index (χ1n) is 2.68. The second-order valence-electron chi connectivity index (χ2n) is 1.63. The molecule has 0 aliphatic heterocycles. The highest BCUT2D eigenvalue weighted by molar-refractivity contribution is 8.02. The zero-order valence-corrected chi connectivity index (χ0v) is 6.01. The summed E-state index contributed by atoms with van der Waals surface area (Å²) in [5.41, 5.74) is 0.981. The molecule has 10 heavy (non-hydrogen) atoms. The molecule has 1 heterocycles. The summed E-state index contributed by atoms with van der Waals surface area (Å²) in [5, 5.41) is 10.2. The van der Waals surface area contributed by atoms with Gasteiger partial charge in [-0.15, -0.1) is 0 Å². The Morgan fingerprint density at radius 1 is 1.50 bits per heavy atom. The monoisotopic (exact) mass is 151 g/mol. The standard InChI is InChI=1S/C6H5N3S/c7-4-10-3-6-1-8-5-9-2-6/h1-2,5H,3H2. The van der Waals surface area contributed by atoms with E-state index < -0.39 is 0 Å².